The molecular formula is C26H27ClN2O5S. The second-order valence-corrected chi connectivity index (χ2v) is 10.5. The van der Waals surface area contributed by atoms with Crippen molar-refractivity contribution in [3.63, 3.8) is 0 Å². The van der Waals surface area contributed by atoms with Crippen LogP contribution >= 0.6 is 11.6 Å². The van der Waals surface area contributed by atoms with E-state index in [-0.39, 0.29) is 34.2 Å². The second-order valence-electron chi connectivity index (χ2n) is 8.33. The van der Waals surface area contributed by atoms with Gasteiger partial charge in [0, 0.05) is 11.7 Å². The molecule has 0 unspecified atom stereocenters. The van der Waals surface area contributed by atoms with Crippen molar-refractivity contribution in [3.8, 4) is 11.5 Å². The molecule has 0 radical (unpaired) electrons. The average Bonchev–Trinajstić information content (AvgIpc) is 3.36. The van der Waals surface area contributed by atoms with E-state index >= 15 is 0 Å². The number of rotatable bonds is 10. The van der Waals surface area contributed by atoms with Gasteiger partial charge in [-0.2, -0.15) is 0 Å². The zero-order valence-corrected chi connectivity index (χ0v) is 20.6. The molecule has 0 heterocycles. The average molecular weight is 515 g/mol. The van der Waals surface area contributed by atoms with Crippen molar-refractivity contribution in [1.29, 1.82) is 0 Å². The first-order valence-electron chi connectivity index (χ1n) is 11.4. The van der Waals surface area contributed by atoms with Crippen LogP contribution in [-0.4, -0.2) is 27.0 Å². The lowest BCUT2D eigenvalue weighted by Crippen LogP contribution is -2.32. The number of benzene rings is 3. The summed E-state index contributed by atoms with van der Waals surface area (Å²) in [6.45, 7) is 0.177. The number of sulfonamides is 1. The Hall–Kier alpha value is -3.07. The second kappa shape index (κ2) is 11.6. The minimum Gasteiger partial charge on any atom is -0.489 e. The van der Waals surface area contributed by atoms with Gasteiger partial charge in [0.05, 0.1) is 9.92 Å². The van der Waals surface area contributed by atoms with Gasteiger partial charge in [-0.25, -0.2) is 13.1 Å². The van der Waals surface area contributed by atoms with E-state index in [1.54, 1.807) is 24.3 Å². The van der Waals surface area contributed by atoms with Crippen LogP contribution in [0.25, 0.3) is 0 Å². The molecule has 7 nitrogen and oxygen atoms in total. The molecular weight excluding hydrogens is 488 g/mol. The van der Waals surface area contributed by atoms with E-state index in [9.17, 15) is 13.2 Å². The van der Waals surface area contributed by atoms with E-state index in [0.717, 1.165) is 31.2 Å². The lowest BCUT2D eigenvalue weighted by atomic mass is 10.2. The molecule has 3 aromatic rings. The Labute approximate surface area is 210 Å². The van der Waals surface area contributed by atoms with Gasteiger partial charge in [0.1, 0.15) is 18.1 Å². The van der Waals surface area contributed by atoms with Crippen LogP contribution in [0.3, 0.4) is 0 Å². The third-order valence-corrected chi connectivity index (χ3v) is 7.45. The SMILES string of the molecule is O=C(COc1ccc(S(=O)(=O)NC2CCCC2)cc1Cl)Nc1ccc(OCc2ccccc2)cc1. The molecule has 1 amide bonds. The molecule has 1 aliphatic rings. The standard InChI is InChI=1S/C26H27ClN2O5S/c27-24-16-23(35(31,32)29-21-8-4-5-9-21)14-15-25(24)34-18-26(30)28-20-10-12-22(13-11-20)33-17-19-6-2-1-3-7-19/h1-3,6-7,10-16,21,29H,4-5,8-9,17-18H2,(H,28,30). The molecule has 0 spiro atoms. The van der Waals surface area contributed by atoms with Gasteiger partial charge in [0.25, 0.3) is 5.91 Å². The van der Waals surface area contributed by atoms with Gasteiger partial charge in [0.2, 0.25) is 10.0 Å². The molecule has 0 bridgehead atoms. The van der Waals surface area contributed by atoms with Crippen LogP contribution in [0.1, 0.15) is 31.2 Å². The van der Waals surface area contributed by atoms with Crippen molar-refractivity contribution in [2.45, 2.75) is 43.2 Å². The summed E-state index contributed by atoms with van der Waals surface area (Å²) in [7, 11) is -3.66. The highest BCUT2D eigenvalue weighted by Crippen LogP contribution is 2.28. The van der Waals surface area contributed by atoms with Crippen LogP contribution in [0.4, 0.5) is 5.69 Å². The highest BCUT2D eigenvalue weighted by atomic mass is 35.5. The predicted molar refractivity (Wildman–Crippen MR) is 135 cm³/mol. The van der Waals surface area contributed by atoms with E-state index in [1.165, 1.54) is 18.2 Å². The van der Waals surface area contributed by atoms with E-state index < -0.39 is 10.0 Å². The first-order chi connectivity index (χ1) is 16.9. The van der Waals surface area contributed by atoms with Crippen LogP contribution in [0.15, 0.2) is 77.7 Å². The van der Waals surface area contributed by atoms with Crippen molar-refractivity contribution in [2.75, 3.05) is 11.9 Å². The molecule has 4 rings (SSSR count). The van der Waals surface area contributed by atoms with Gasteiger partial charge in [-0.1, -0.05) is 54.8 Å². The topological polar surface area (TPSA) is 93.7 Å². The summed E-state index contributed by atoms with van der Waals surface area (Å²) in [6, 6.07) is 21.0. The maximum atomic E-state index is 12.6. The highest BCUT2D eigenvalue weighted by molar-refractivity contribution is 7.89. The van der Waals surface area contributed by atoms with E-state index in [1.807, 2.05) is 30.3 Å². The maximum Gasteiger partial charge on any atom is 0.262 e. The first-order valence-corrected chi connectivity index (χ1v) is 13.3. The monoisotopic (exact) mass is 514 g/mol. The highest BCUT2D eigenvalue weighted by Gasteiger charge is 2.23. The number of hydrogen-bond donors (Lipinski definition) is 2. The minimum atomic E-state index is -3.66. The quantitative estimate of drug-likeness (QED) is 0.390. The number of hydrogen-bond acceptors (Lipinski definition) is 5. The van der Waals surface area contributed by atoms with Crippen molar-refractivity contribution >= 4 is 33.2 Å². The number of ether oxygens (including phenoxy) is 2. The Balaban J connectivity index is 1.26. The van der Waals surface area contributed by atoms with Crippen molar-refractivity contribution < 1.29 is 22.7 Å². The molecule has 0 aromatic heterocycles. The number of carbonyl (C=O) groups is 1. The third kappa shape index (κ3) is 7.21. The van der Waals surface area contributed by atoms with E-state index in [2.05, 4.69) is 10.0 Å². The zero-order chi connectivity index (χ0) is 24.7. The number of carbonyl (C=O) groups excluding carboxylic acids is 1. The summed E-state index contributed by atoms with van der Waals surface area (Å²) < 4.78 is 39.1. The molecule has 3 aromatic carbocycles. The summed E-state index contributed by atoms with van der Waals surface area (Å²) >= 11 is 6.22. The van der Waals surface area contributed by atoms with E-state index in [0.29, 0.717) is 18.0 Å². The van der Waals surface area contributed by atoms with E-state index in [4.69, 9.17) is 21.1 Å². The molecule has 2 N–H and O–H groups in total. The van der Waals surface area contributed by atoms with Crippen molar-refractivity contribution in [1.82, 2.24) is 4.72 Å². The largest absolute Gasteiger partial charge is 0.489 e. The third-order valence-electron chi connectivity index (χ3n) is 5.64. The van der Waals surface area contributed by atoms with Gasteiger partial charge in [-0.15, -0.1) is 0 Å². The van der Waals surface area contributed by atoms with Crippen LogP contribution in [0.2, 0.25) is 5.02 Å². The molecule has 1 saturated carbocycles. The number of anilines is 1. The first kappa shape index (κ1) is 25.0. The predicted octanol–water partition coefficient (Wildman–Crippen LogP) is 5.16. The minimum absolute atomic E-state index is 0.0390. The summed E-state index contributed by atoms with van der Waals surface area (Å²) in [5, 5.41) is 2.86. The summed E-state index contributed by atoms with van der Waals surface area (Å²) in [5.74, 6) is 0.539. The Morgan fingerprint density at radius 1 is 0.943 bits per heavy atom. The molecule has 1 aliphatic carbocycles. The Bertz CT molecular complexity index is 1240. The molecule has 9 heteroatoms. The molecule has 184 valence electrons. The Kier molecular flexibility index (Phi) is 8.28. The van der Waals surface area contributed by atoms with Crippen molar-refractivity contribution in [3.05, 3.63) is 83.4 Å². The Morgan fingerprint density at radius 2 is 1.66 bits per heavy atom. The van der Waals surface area contributed by atoms with Gasteiger partial charge in [-0.3, -0.25) is 4.79 Å². The van der Waals surface area contributed by atoms with Gasteiger partial charge in [-0.05, 0) is 60.9 Å². The van der Waals surface area contributed by atoms with Gasteiger partial charge in [0.15, 0.2) is 6.61 Å². The smallest absolute Gasteiger partial charge is 0.262 e. The normalized spacial score (nSPS) is 14.0. The fraction of sp³-hybridized carbons (Fsp3) is 0.269. The van der Waals surface area contributed by atoms with Gasteiger partial charge >= 0.3 is 0 Å². The fourth-order valence-corrected chi connectivity index (χ4v) is 5.44. The lowest BCUT2D eigenvalue weighted by Gasteiger charge is -2.14. The Morgan fingerprint density at radius 3 is 2.34 bits per heavy atom. The van der Waals surface area contributed by atoms with Crippen molar-refractivity contribution in [2.24, 2.45) is 0 Å². The maximum absolute atomic E-state index is 12.6. The zero-order valence-electron chi connectivity index (χ0n) is 19.1. The summed E-state index contributed by atoms with van der Waals surface area (Å²) in [6.07, 6.45) is 3.73. The number of halogens is 1. The van der Waals surface area contributed by atoms with Crippen LogP contribution in [0.5, 0.6) is 11.5 Å². The lowest BCUT2D eigenvalue weighted by molar-refractivity contribution is -0.118. The summed E-state index contributed by atoms with van der Waals surface area (Å²) in [4.78, 5) is 12.4. The molecule has 0 atom stereocenters. The number of nitrogens with one attached hydrogen (secondary N) is 2. The molecule has 0 aliphatic heterocycles. The van der Waals surface area contributed by atoms with Gasteiger partial charge < -0.3 is 14.8 Å². The molecule has 35 heavy (non-hydrogen) atoms. The summed E-state index contributed by atoms with van der Waals surface area (Å²) in [5.41, 5.74) is 1.66. The molecule has 0 saturated heterocycles. The van der Waals surface area contributed by atoms with Crippen LogP contribution in [0, 0.1) is 0 Å². The fourth-order valence-electron chi connectivity index (χ4n) is 3.81. The molecule has 1 fully saturated rings. The van der Waals surface area contributed by atoms with Crippen LogP contribution < -0.4 is 19.5 Å². The van der Waals surface area contributed by atoms with Crippen LogP contribution in [-0.2, 0) is 21.4 Å². The number of amides is 1.